The first-order valence-corrected chi connectivity index (χ1v) is 8.48. The van der Waals surface area contributed by atoms with Crippen LogP contribution in [0.2, 0.25) is 0 Å². The highest BCUT2D eigenvalue weighted by Gasteiger charge is 2.29. The lowest BCUT2D eigenvalue weighted by molar-refractivity contribution is 0.0586. The van der Waals surface area contributed by atoms with Gasteiger partial charge in [0.2, 0.25) is 11.9 Å². The van der Waals surface area contributed by atoms with Crippen molar-refractivity contribution >= 4 is 17.9 Å². The number of aromatic nitrogens is 5. The predicted molar refractivity (Wildman–Crippen MR) is 90.6 cm³/mol. The highest BCUT2D eigenvalue weighted by atomic mass is 16.5. The van der Waals surface area contributed by atoms with Gasteiger partial charge in [-0.2, -0.15) is 4.98 Å². The number of methoxy groups -OCH3 is 1. The van der Waals surface area contributed by atoms with E-state index < -0.39 is 5.97 Å². The summed E-state index contributed by atoms with van der Waals surface area (Å²) in [4.78, 5) is 27.0. The van der Waals surface area contributed by atoms with E-state index in [1.165, 1.54) is 20.0 Å². The molecule has 1 N–H and O–H groups in total. The van der Waals surface area contributed by atoms with Crippen LogP contribution < -0.4 is 10.2 Å². The molecular weight excluding hydrogens is 322 g/mol. The second-order valence-corrected chi connectivity index (χ2v) is 6.51. The molecule has 4 rings (SSSR count). The maximum atomic E-state index is 11.5. The van der Waals surface area contributed by atoms with Gasteiger partial charge in [0.15, 0.2) is 0 Å². The van der Waals surface area contributed by atoms with Crippen LogP contribution in [0.1, 0.15) is 41.5 Å². The van der Waals surface area contributed by atoms with E-state index >= 15 is 0 Å². The zero-order valence-electron chi connectivity index (χ0n) is 14.3. The first-order valence-electron chi connectivity index (χ1n) is 8.48. The van der Waals surface area contributed by atoms with Crippen molar-refractivity contribution in [2.45, 2.75) is 31.2 Å². The van der Waals surface area contributed by atoms with Crippen molar-refractivity contribution in [1.82, 2.24) is 24.7 Å². The Morgan fingerprint density at radius 2 is 2.16 bits per heavy atom. The number of aryl methyl sites for hydroxylation is 1. The van der Waals surface area contributed by atoms with Gasteiger partial charge in [0.05, 0.1) is 7.11 Å². The quantitative estimate of drug-likeness (QED) is 0.802. The summed E-state index contributed by atoms with van der Waals surface area (Å²) < 4.78 is 6.21. The minimum Gasteiger partial charge on any atom is -0.463 e. The minimum absolute atomic E-state index is 0.0582. The van der Waals surface area contributed by atoms with Gasteiger partial charge in [0.1, 0.15) is 0 Å². The van der Waals surface area contributed by atoms with Crippen molar-refractivity contribution in [2.24, 2.45) is 7.05 Å². The maximum Gasteiger partial charge on any atom is 0.378 e. The molecule has 2 fully saturated rings. The molecule has 0 bridgehead atoms. The Labute approximate surface area is 145 Å². The first-order chi connectivity index (χ1) is 12.1. The number of esters is 1. The highest BCUT2D eigenvalue weighted by Crippen LogP contribution is 2.39. The molecule has 0 spiro atoms. The molecule has 9 nitrogen and oxygen atoms in total. The van der Waals surface area contributed by atoms with E-state index in [1.807, 2.05) is 12.3 Å². The molecule has 1 saturated carbocycles. The number of carbonyl (C=O) groups excluding carboxylic acids is 1. The van der Waals surface area contributed by atoms with E-state index in [0.29, 0.717) is 11.9 Å². The molecule has 1 unspecified atom stereocenters. The van der Waals surface area contributed by atoms with Crippen LogP contribution in [0, 0.1) is 0 Å². The fraction of sp³-hybridized carbons (Fsp3) is 0.562. The number of carbonyl (C=O) groups is 1. The van der Waals surface area contributed by atoms with E-state index in [-0.39, 0.29) is 11.9 Å². The molecule has 9 heteroatoms. The molecule has 1 atom stereocenters. The minimum atomic E-state index is -0.540. The van der Waals surface area contributed by atoms with E-state index in [0.717, 1.165) is 31.2 Å². The fourth-order valence-corrected chi connectivity index (χ4v) is 3.05. The van der Waals surface area contributed by atoms with Crippen LogP contribution in [0.15, 0.2) is 12.3 Å². The molecule has 132 valence electrons. The second kappa shape index (κ2) is 6.30. The Balaban J connectivity index is 1.42. The average molecular weight is 343 g/mol. The van der Waals surface area contributed by atoms with Gasteiger partial charge in [-0.1, -0.05) is 0 Å². The number of hydrogen-bond donors (Lipinski definition) is 1. The zero-order valence-corrected chi connectivity index (χ0v) is 14.3. The van der Waals surface area contributed by atoms with Gasteiger partial charge < -0.3 is 15.0 Å². The molecule has 1 saturated heterocycles. The fourth-order valence-electron chi connectivity index (χ4n) is 3.05. The lowest BCUT2D eigenvalue weighted by Gasteiger charge is -2.17. The van der Waals surface area contributed by atoms with Crippen molar-refractivity contribution in [3.8, 4) is 0 Å². The SMILES string of the molecule is COC(=O)c1nc(NC2CCN(c3nccc(C4CC4)n3)C2)n(C)n1. The predicted octanol–water partition coefficient (Wildman–Crippen LogP) is 0.960. The molecule has 2 aliphatic rings. The zero-order chi connectivity index (χ0) is 17.4. The van der Waals surface area contributed by atoms with Crippen LogP contribution >= 0.6 is 0 Å². The number of rotatable bonds is 5. The lowest BCUT2D eigenvalue weighted by Crippen LogP contribution is -2.28. The first kappa shape index (κ1) is 15.8. The number of hydrogen-bond acceptors (Lipinski definition) is 8. The standard InChI is InChI=1S/C16H21N7O2/c1-22-16(20-13(21-22)14(24)25-2)18-11-6-8-23(9-11)15-17-7-5-12(19-15)10-3-4-10/h5,7,10-11H,3-4,6,8-9H2,1-2H3,(H,18,20,21). The largest absolute Gasteiger partial charge is 0.463 e. The van der Waals surface area contributed by atoms with Gasteiger partial charge in [-0.25, -0.2) is 19.4 Å². The summed E-state index contributed by atoms with van der Waals surface area (Å²) in [6.07, 6.45) is 5.25. The normalized spacial score (nSPS) is 19.9. The molecule has 25 heavy (non-hydrogen) atoms. The van der Waals surface area contributed by atoms with Gasteiger partial charge >= 0.3 is 5.97 Å². The van der Waals surface area contributed by atoms with E-state index in [2.05, 4.69) is 30.0 Å². The van der Waals surface area contributed by atoms with Gasteiger partial charge in [0.25, 0.3) is 5.82 Å². The Bertz CT molecular complexity index is 787. The van der Waals surface area contributed by atoms with Crippen LogP contribution in [0.25, 0.3) is 0 Å². The average Bonchev–Trinajstić information content (AvgIpc) is 3.28. The van der Waals surface area contributed by atoms with Gasteiger partial charge in [-0.3, -0.25) is 0 Å². The van der Waals surface area contributed by atoms with Gasteiger partial charge in [-0.15, -0.1) is 5.10 Å². The summed E-state index contributed by atoms with van der Waals surface area (Å²) in [5.41, 5.74) is 1.15. The summed E-state index contributed by atoms with van der Waals surface area (Å²) >= 11 is 0. The van der Waals surface area contributed by atoms with Crippen molar-refractivity contribution in [1.29, 1.82) is 0 Å². The summed E-state index contributed by atoms with van der Waals surface area (Å²) in [7, 11) is 3.06. The van der Waals surface area contributed by atoms with Crippen LogP contribution in [-0.2, 0) is 11.8 Å². The Morgan fingerprint density at radius 1 is 1.32 bits per heavy atom. The van der Waals surface area contributed by atoms with Crippen molar-refractivity contribution < 1.29 is 9.53 Å². The molecule has 3 heterocycles. The van der Waals surface area contributed by atoms with Gasteiger partial charge in [-0.05, 0) is 25.3 Å². The van der Waals surface area contributed by atoms with Crippen LogP contribution in [0.5, 0.6) is 0 Å². The van der Waals surface area contributed by atoms with Crippen molar-refractivity contribution in [3.05, 3.63) is 23.8 Å². The Hall–Kier alpha value is -2.71. The summed E-state index contributed by atoms with van der Waals surface area (Å²) in [6, 6.07) is 2.21. The third-order valence-electron chi connectivity index (χ3n) is 4.60. The van der Waals surface area contributed by atoms with E-state index in [1.54, 1.807) is 11.7 Å². The lowest BCUT2D eigenvalue weighted by atomic mass is 10.3. The maximum absolute atomic E-state index is 11.5. The number of nitrogens with zero attached hydrogens (tertiary/aromatic N) is 6. The molecule has 0 radical (unpaired) electrons. The summed E-state index contributed by atoms with van der Waals surface area (Å²) in [5, 5.41) is 7.41. The summed E-state index contributed by atoms with van der Waals surface area (Å²) in [6.45, 7) is 1.67. The monoisotopic (exact) mass is 343 g/mol. The number of ether oxygens (including phenoxy) is 1. The van der Waals surface area contributed by atoms with Crippen molar-refractivity contribution in [3.63, 3.8) is 0 Å². The molecular formula is C16H21N7O2. The summed E-state index contributed by atoms with van der Waals surface area (Å²) in [5.74, 6) is 1.49. The topological polar surface area (TPSA) is 98.1 Å². The molecule has 0 amide bonds. The van der Waals surface area contributed by atoms with E-state index in [4.69, 9.17) is 4.98 Å². The molecule has 1 aliphatic carbocycles. The van der Waals surface area contributed by atoms with E-state index in [9.17, 15) is 4.79 Å². The van der Waals surface area contributed by atoms with Crippen LogP contribution in [0.3, 0.4) is 0 Å². The molecule has 1 aliphatic heterocycles. The van der Waals surface area contributed by atoms with Gasteiger partial charge in [0, 0.05) is 44.0 Å². The Morgan fingerprint density at radius 3 is 2.92 bits per heavy atom. The molecule has 2 aromatic heterocycles. The number of nitrogens with one attached hydrogen (secondary N) is 1. The number of anilines is 2. The molecule has 0 aromatic carbocycles. The van der Waals surface area contributed by atoms with Crippen LogP contribution in [-0.4, -0.2) is 56.9 Å². The Kier molecular flexibility index (Phi) is 3.98. The molecule has 2 aromatic rings. The van der Waals surface area contributed by atoms with Crippen LogP contribution in [0.4, 0.5) is 11.9 Å². The third-order valence-corrected chi connectivity index (χ3v) is 4.60. The second-order valence-electron chi connectivity index (χ2n) is 6.51. The third kappa shape index (κ3) is 3.26. The van der Waals surface area contributed by atoms with Crippen molar-refractivity contribution in [2.75, 3.05) is 30.4 Å². The highest BCUT2D eigenvalue weighted by molar-refractivity contribution is 5.85. The smallest absolute Gasteiger partial charge is 0.378 e.